The Morgan fingerprint density at radius 1 is 0.935 bits per heavy atom. The number of aryl methyl sites for hydroxylation is 1. The van der Waals surface area contributed by atoms with Crippen LogP contribution in [0.15, 0.2) is 89.1 Å². The number of carbonyl (C=O) groups is 1. The predicted molar refractivity (Wildman–Crippen MR) is 122 cm³/mol. The van der Waals surface area contributed by atoms with Crippen molar-refractivity contribution in [3.05, 3.63) is 90.0 Å². The number of phenolic OH excluding ortho intramolecular Hbond substituents is 1. The van der Waals surface area contributed by atoms with E-state index in [1.807, 2.05) is 55.5 Å². The summed E-state index contributed by atoms with van der Waals surface area (Å²) in [6.45, 7) is 1.94. The zero-order valence-electron chi connectivity index (χ0n) is 17.2. The average molecular weight is 411 g/mol. The van der Waals surface area contributed by atoms with Gasteiger partial charge in [0.15, 0.2) is 5.75 Å². The zero-order valence-corrected chi connectivity index (χ0v) is 17.2. The Kier molecular flexibility index (Phi) is 5.62. The van der Waals surface area contributed by atoms with E-state index in [9.17, 15) is 9.90 Å². The third-order valence-electron chi connectivity index (χ3n) is 4.96. The molecular weight excluding hydrogens is 390 g/mol. The van der Waals surface area contributed by atoms with Crippen molar-refractivity contribution in [3.63, 3.8) is 0 Å². The van der Waals surface area contributed by atoms with Crippen molar-refractivity contribution >= 4 is 33.7 Å². The van der Waals surface area contributed by atoms with Gasteiger partial charge < -0.3 is 15.2 Å². The minimum absolute atomic E-state index is 0.119. The van der Waals surface area contributed by atoms with Crippen molar-refractivity contribution in [2.45, 2.75) is 6.92 Å². The van der Waals surface area contributed by atoms with Gasteiger partial charge in [-0.2, -0.15) is 5.11 Å². The minimum atomic E-state index is -0.444. The molecule has 0 aliphatic heterocycles. The van der Waals surface area contributed by atoms with Gasteiger partial charge in [0.25, 0.3) is 5.91 Å². The van der Waals surface area contributed by atoms with Gasteiger partial charge in [-0.1, -0.05) is 42.5 Å². The fourth-order valence-corrected chi connectivity index (χ4v) is 3.24. The van der Waals surface area contributed by atoms with Crippen molar-refractivity contribution in [1.29, 1.82) is 0 Å². The van der Waals surface area contributed by atoms with Gasteiger partial charge in [0.05, 0.1) is 18.4 Å². The molecular formula is C25H21N3O3. The summed E-state index contributed by atoms with van der Waals surface area (Å²) in [5, 5.41) is 23.8. The number of rotatable bonds is 5. The van der Waals surface area contributed by atoms with E-state index in [-0.39, 0.29) is 17.0 Å². The molecule has 0 atom stereocenters. The fraction of sp³-hybridized carbons (Fsp3) is 0.0800. The van der Waals surface area contributed by atoms with Crippen molar-refractivity contribution < 1.29 is 14.6 Å². The fourth-order valence-electron chi connectivity index (χ4n) is 3.24. The molecule has 6 heteroatoms. The molecule has 1 amide bonds. The largest absolute Gasteiger partial charge is 0.505 e. The molecule has 31 heavy (non-hydrogen) atoms. The Morgan fingerprint density at radius 3 is 2.39 bits per heavy atom. The SMILES string of the molecule is COc1ccc(NC(=O)c2cc3ccccc3c(N=Nc3ccccc3C)c2O)cc1. The van der Waals surface area contributed by atoms with Crippen LogP contribution in [0.3, 0.4) is 0 Å². The maximum Gasteiger partial charge on any atom is 0.259 e. The molecule has 0 saturated carbocycles. The quantitative estimate of drug-likeness (QED) is 0.366. The van der Waals surface area contributed by atoms with E-state index in [1.54, 1.807) is 37.4 Å². The van der Waals surface area contributed by atoms with Gasteiger partial charge in [0.2, 0.25) is 0 Å². The molecule has 0 aliphatic carbocycles. The summed E-state index contributed by atoms with van der Waals surface area (Å²) >= 11 is 0. The smallest absolute Gasteiger partial charge is 0.259 e. The molecule has 4 aromatic carbocycles. The summed E-state index contributed by atoms with van der Waals surface area (Å²) in [4.78, 5) is 12.9. The van der Waals surface area contributed by atoms with E-state index in [2.05, 4.69) is 15.5 Å². The molecule has 2 N–H and O–H groups in total. The molecule has 0 saturated heterocycles. The summed E-state index contributed by atoms with van der Waals surface area (Å²) in [6.07, 6.45) is 0. The van der Waals surface area contributed by atoms with E-state index >= 15 is 0 Å². The second-order valence-electron chi connectivity index (χ2n) is 7.01. The van der Waals surface area contributed by atoms with E-state index in [4.69, 9.17) is 4.74 Å². The van der Waals surface area contributed by atoms with Crippen LogP contribution in [0.2, 0.25) is 0 Å². The van der Waals surface area contributed by atoms with Gasteiger partial charge in [0, 0.05) is 11.1 Å². The van der Waals surface area contributed by atoms with Crippen LogP contribution in [0.25, 0.3) is 10.8 Å². The number of ether oxygens (including phenoxy) is 1. The second kappa shape index (κ2) is 8.67. The number of hydrogen-bond donors (Lipinski definition) is 2. The Morgan fingerprint density at radius 2 is 1.65 bits per heavy atom. The highest BCUT2D eigenvalue weighted by Crippen LogP contribution is 2.39. The Balaban J connectivity index is 1.75. The number of benzene rings is 4. The van der Waals surface area contributed by atoms with E-state index in [1.165, 1.54) is 0 Å². The summed E-state index contributed by atoms with van der Waals surface area (Å²) in [7, 11) is 1.58. The molecule has 0 radical (unpaired) electrons. The number of carbonyl (C=O) groups excluding carboxylic acids is 1. The standard InChI is InChI=1S/C25H21N3O3/c1-16-7-3-6-10-22(16)27-28-23-20-9-5-4-8-17(20)15-21(24(23)29)25(30)26-18-11-13-19(31-2)14-12-18/h3-15,29H,1-2H3,(H,26,30). The average Bonchev–Trinajstić information content (AvgIpc) is 2.79. The Bertz CT molecular complexity index is 1280. The van der Waals surface area contributed by atoms with Gasteiger partial charge in [-0.3, -0.25) is 4.79 Å². The molecule has 0 aliphatic rings. The van der Waals surface area contributed by atoms with Crippen molar-refractivity contribution in [3.8, 4) is 11.5 Å². The van der Waals surface area contributed by atoms with Gasteiger partial charge in [-0.15, -0.1) is 5.11 Å². The second-order valence-corrected chi connectivity index (χ2v) is 7.01. The number of aromatic hydroxyl groups is 1. The number of azo groups is 1. The normalized spacial score (nSPS) is 11.0. The Labute approximate surface area is 179 Å². The lowest BCUT2D eigenvalue weighted by Crippen LogP contribution is -2.12. The van der Waals surface area contributed by atoms with Crippen LogP contribution in [0.4, 0.5) is 17.1 Å². The maximum absolute atomic E-state index is 12.9. The van der Waals surface area contributed by atoms with Crippen molar-refractivity contribution in [2.75, 3.05) is 12.4 Å². The number of amides is 1. The number of hydrogen-bond acceptors (Lipinski definition) is 5. The van der Waals surface area contributed by atoms with Gasteiger partial charge in [-0.05, 0) is 54.3 Å². The summed E-state index contributed by atoms with van der Waals surface area (Å²) in [6, 6.07) is 23.6. The number of anilines is 1. The lowest BCUT2D eigenvalue weighted by molar-refractivity contribution is 0.102. The molecule has 4 rings (SSSR count). The van der Waals surface area contributed by atoms with Crippen LogP contribution in [0.5, 0.6) is 11.5 Å². The first-order valence-electron chi connectivity index (χ1n) is 9.74. The van der Waals surface area contributed by atoms with Crippen LogP contribution in [0.1, 0.15) is 15.9 Å². The minimum Gasteiger partial charge on any atom is -0.505 e. The molecule has 0 unspecified atom stereocenters. The molecule has 6 nitrogen and oxygen atoms in total. The number of phenols is 1. The molecule has 4 aromatic rings. The topological polar surface area (TPSA) is 83.3 Å². The number of nitrogens with one attached hydrogen (secondary N) is 1. The lowest BCUT2D eigenvalue weighted by atomic mass is 10.0. The molecule has 0 heterocycles. The van der Waals surface area contributed by atoms with E-state index in [0.717, 1.165) is 10.9 Å². The van der Waals surface area contributed by atoms with Crippen LogP contribution in [-0.4, -0.2) is 18.1 Å². The first-order chi connectivity index (χ1) is 15.1. The molecule has 0 bridgehead atoms. The van der Waals surface area contributed by atoms with Crippen LogP contribution < -0.4 is 10.1 Å². The first-order valence-corrected chi connectivity index (χ1v) is 9.74. The van der Waals surface area contributed by atoms with E-state index < -0.39 is 5.91 Å². The third-order valence-corrected chi connectivity index (χ3v) is 4.96. The van der Waals surface area contributed by atoms with Gasteiger partial charge >= 0.3 is 0 Å². The molecule has 0 fully saturated rings. The molecule has 0 aromatic heterocycles. The van der Waals surface area contributed by atoms with Crippen molar-refractivity contribution in [2.24, 2.45) is 10.2 Å². The monoisotopic (exact) mass is 411 g/mol. The molecule has 154 valence electrons. The third kappa shape index (κ3) is 4.23. The Hall–Kier alpha value is -4.19. The van der Waals surface area contributed by atoms with Crippen LogP contribution in [-0.2, 0) is 0 Å². The van der Waals surface area contributed by atoms with Gasteiger partial charge in [0.1, 0.15) is 11.4 Å². The van der Waals surface area contributed by atoms with E-state index in [0.29, 0.717) is 22.5 Å². The van der Waals surface area contributed by atoms with Gasteiger partial charge in [-0.25, -0.2) is 0 Å². The molecule has 0 spiro atoms. The van der Waals surface area contributed by atoms with Crippen LogP contribution >= 0.6 is 0 Å². The summed E-state index contributed by atoms with van der Waals surface area (Å²) in [5.41, 5.74) is 2.61. The summed E-state index contributed by atoms with van der Waals surface area (Å²) in [5.74, 6) is 0.0215. The van der Waals surface area contributed by atoms with Crippen molar-refractivity contribution in [1.82, 2.24) is 0 Å². The lowest BCUT2D eigenvalue weighted by Gasteiger charge is -2.11. The zero-order chi connectivity index (χ0) is 21.8. The number of fused-ring (bicyclic) bond motifs is 1. The highest BCUT2D eigenvalue weighted by atomic mass is 16.5. The highest BCUT2D eigenvalue weighted by molar-refractivity contribution is 6.11. The maximum atomic E-state index is 12.9. The first kappa shape index (κ1) is 20.1. The van der Waals surface area contributed by atoms with Crippen LogP contribution in [0, 0.1) is 6.92 Å². The number of methoxy groups -OCH3 is 1. The highest BCUT2D eigenvalue weighted by Gasteiger charge is 2.18. The predicted octanol–water partition coefficient (Wildman–Crippen LogP) is 6.53. The summed E-state index contributed by atoms with van der Waals surface area (Å²) < 4.78 is 5.14. The number of nitrogens with zero attached hydrogens (tertiary/aromatic N) is 2.